The van der Waals surface area contributed by atoms with Crippen LogP contribution in [0.2, 0.25) is 0 Å². The predicted octanol–water partition coefficient (Wildman–Crippen LogP) is 1.81. The summed E-state index contributed by atoms with van der Waals surface area (Å²) in [5.41, 5.74) is 1.32. The number of oxime groups is 1. The second-order valence-electron chi connectivity index (χ2n) is 3.35. The minimum atomic E-state index is 0.782. The fourth-order valence-corrected chi connectivity index (χ4v) is 2.25. The lowest BCUT2D eigenvalue weighted by molar-refractivity contribution is 0.210. The van der Waals surface area contributed by atoms with E-state index in [1.807, 2.05) is 0 Å². The van der Waals surface area contributed by atoms with Crippen molar-refractivity contribution in [2.75, 3.05) is 7.11 Å². The molecule has 2 aliphatic rings. The highest BCUT2D eigenvalue weighted by molar-refractivity contribution is 5.89. The Kier molecular flexibility index (Phi) is 1.40. The summed E-state index contributed by atoms with van der Waals surface area (Å²) in [6.45, 7) is 0. The quantitative estimate of drug-likeness (QED) is 0.508. The van der Waals surface area contributed by atoms with Crippen LogP contribution >= 0.6 is 0 Å². The van der Waals surface area contributed by atoms with Crippen molar-refractivity contribution < 1.29 is 4.84 Å². The molecule has 0 aromatic rings. The molecule has 2 nitrogen and oxygen atoms in total. The van der Waals surface area contributed by atoms with Crippen molar-refractivity contribution in [1.82, 2.24) is 0 Å². The summed E-state index contributed by atoms with van der Waals surface area (Å²) in [6, 6.07) is 0. The molecule has 0 N–H and O–H groups in total. The van der Waals surface area contributed by atoms with Crippen LogP contribution in [0.15, 0.2) is 5.16 Å². The van der Waals surface area contributed by atoms with Gasteiger partial charge in [0.05, 0.1) is 5.71 Å². The van der Waals surface area contributed by atoms with Crippen LogP contribution in [-0.2, 0) is 4.84 Å². The topological polar surface area (TPSA) is 21.6 Å². The third kappa shape index (κ3) is 0.825. The highest BCUT2D eigenvalue weighted by Gasteiger charge is 2.36. The average Bonchev–Trinajstić information content (AvgIpc) is 2.48. The summed E-state index contributed by atoms with van der Waals surface area (Å²) in [6.07, 6.45) is 5.36. The Labute approximate surface area is 61.2 Å². The van der Waals surface area contributed by atoms with E-state index in [4.69, 9.17) is 4.84 Å². The molecule has 2 fully saturated rings. The third-order valence-corrected chi connectivity index (χ3v) is 2.72. The maximum absolute atomic E-state index is 4.77. The second-order valence-corrected chi connectivity index (χ2v) is 3.35. The Morgan fingerprint density at radius 1 is 1.50 bits per heavy atom. The smallest absolute Gasteiger partial charge is 0.106 e. The first-order valence-corrected chi connectivity index (χ1v) is 4.00. The van der Waals surface area contributed by atoms with E-state index in [1.54, 1.807) is 7.11 Å². The molecule has 56 valence electrons. The molecule has 2 rings (SSSR count). The SMILES string of the molecule is CO/N=C1\C[C@@H]2CC[C@H]1C2. The van der Waals surface area contributed by atoms with Gasteiger partial charge in [-0.1, -0.05) is 5.16 Å². The van der Waals surface area contributed by atoms with Crippen LogP contribution < -0.4 is 0 Å². The minimum Gasteiger partial charge on any atom is -0.399 e. The minimum absolute atomic E-state index is 0.782. The summed E-state index contributed by atoms with van der Waals surface area (Å²) in [4.78, 5) is 4.77. The molecule has 0 unspecified atom stereocenters. The van der Waals surface area contributed by atoms with Gasteiger partial charge in [-0.3, -0.25) is 0 Å². The third-order valence-electron chi connectivity index (χ3n) is 2.72. The molecule has 2 heteroatoms. The monoisotopic (exact) mass is 139 g/mol. The van der Waals surface area contributed by atoms with Crippen molar-refractivity contribution in [3.8, 4) is 0 Å². The fraction of sp³-hybridized carbons (Fsp3) is 0.875. The van der Waals surface area contributed by atoms with Gasteiger partial charge < -0.3 is 4.84 Å². The number of hydrogen-bond acceptors (Lipinski definition) is 2. The molecule has 0 spiro atoms. The lowest BCUT2D eigenvalue weighted by Gasteiger charge is -2.09. The molecule has 2 bridgehead atoms. The molecule has 2 atom stereocenters. The lowest BCUT2D eigenvalue weighted by Crippen LogP contribution is -2.09. The van der Waals surface area contributed by atoms with Crippen molar-refractivity contribution in [2.45, 2.75) is 25.7 Å². The molecule has 0 aromatic heterocycles. The van der Waals surface area contributed by atoms with Gasteiger partial charge in [-0.2, -0.15) is 0 Å². The van der Waals surface area contributed by atoms with E-state index in [2.05, 4.69) is 5.16 Å². The van der Waals surface area contributed by atoms with Crippen LogP contribution in [0.25, 0.3) is 0 Å². The highest BCUT2D eigenvalue weighted by Crippen LogP contribution is 2.42. The molecule has 0 saturated heterocycles. The van der Waals surface area contributed by atoms with Crippen LogP contribution in [0.1, 0.15) is 25.7 Å². The van der Waals surface area contributed by atoms with Crippen LogP contribution in [0.3, 0.4) is 0 Å². The van der Waals surface area contributed by atoms with Gasteiger partial charge in [0.2, 0.25) is 0 Å². The molecule has 0 heterocycles. The van der Waals surface area contributed by atoms with Crippen LogP contribution in [-0.4, -0.2) is 12.8 Å². The largest absolute Gasteiger partial charge is 0.399 e. The van der Waals surface area contributed by atoms with Gasteiger partial charge in [0.1, 0.15) is 7.11 Å². The summed E-state index contributed by atoms with van der Waals surface area (Å²) in [5.74, 6) is 1.73. The summed E-state index contributed by atoms with van der Waals surface area (Å²) in [7, 11) is 1.64. The van der Waals surface area contributed by atoms with Crippen LogP contribution in [0.5, 0.6) is 0 Å². The Morgan fingerprint density at radius 3 is 2.90 bits per heavy atom. The number of rotatable bonds is 1. The first-order valence-electron chi connectivity index (χ1n) is 4.00. The Hall–Kier alpha value is -0.530. The van der Waals surface area contributed by atoms with Crippen molar-refractivity contribution in [2.24, 2.45) is 17.0 Å². The van der Waals surface area contributed by atoms with Crippen molar-refractivity contribution >= 4 is 5.71 Å². The maximum Gasteiger partial charge on any atom is 0.106 e. The van der Waals surface area contributed by atoms with E-state index >= 15 is 0 Å². The normalized spacial score (nSPS) is 41.1. The Balaban J connectivity index is 2.08. The van der Waals surface area contributed by atoms with Crippen LogP contribution in [0.4, 0.5) is 0 Å². The van der Waals surface area contributed by atoms with Crippen molar-refractivity contribution in [1.29, 1.82) is 0 Å². The molecule has 2 aliphatic carbocycles. The number of fused-ring (bicyclic) bond motifs is 2. The molecule has 2 saturated carbocycles. The highest BCUT2D eigenvalue weighted by atomic mass is 16.6. The van der Waals surface area contributed by atoms with E-state index in [9.17, 15) is 0 Å². The molecule has 0 amide bonds. The molecular weight excluding hydrogens is 126 g/mol. The van der Waals surface area contributed by atoms with Gasteiger partial charge in [-0.15, -0.1) is 0 Å². The first kappa shape index (κ1) is 6.20. The zero-order valence-corrected chi connectivity index (χ0v) is 6.34. The number of hydrogen-bond donors (Lipinski definition) is 0. The van der Waals surface area contributed by atoms with Crippen molar-refractivity contribution in [3.63, 3.8) is 0 Å². The summed E-state index contributed by atoms with van der Waals surface area (Å²) in [5, 5.41) is 4.02. The molecule has 10 heavy (non-hydrogen) atoms. The van der Waals surface area contributed by atoms with E-state index < -0.39 is 0 Å². The van der Waals surface area contributed by atoms with E-state index in [0.29, 0.717) is 0 Å². The fourth-order valence-electron chi connectivity index (χ4n) is 2.25. The zero-order chi connectivity index (χ0) is 6.97. The van der Waals surface area contributed by atoms with Gasteiger partial charge in [0, 0.05) is 5.92 Å². The van der Waals surface area contributed by atoms with E-state index in [0.717, 1.165) is 11.8 Å². The average molecular weight is 139 g/mol. The van der Waals surface area contributed by atoms with Gasteiger partial charge in [0.15, 0.2) is 0 Å². The second kappa shape index (κ2) is 2.26. The number of nitrogens with zero attached hydrogens (tertiary/aromatic N) is 1. The molecule has 0 aromatic carbocycles. The standard InChI is InChI=1S/C8H13NO/c1-10-9-8-5-6-2-3-7(8)4-6/h6-7H,2-5H2,1H3/b9-8+/t6-,7+/m1/s1. The van der Waals surface area contributed by atoms with Crippen molar-refractivity contribution in [3.05, 3.63) is 0 Å². The predicted molar refractivity (Wildman–Crippen MR) is 39.9 cm³/mol. The van der Waals surface area contributed by atoms with Gasteiger partial charge in [-0.05, 0) is 31.6 Å². The Bertz CT molecular complexity index is 165. The Morgan fingerprint density at radius 2 is 2.40 bits per heavy atom. The van der Waals surface area contributed by atoms with E-state index in [1.165, 1.54) is 31.4 Å². The van der Waals surface area contributed by atoms with Gasteiger partial charge in [-0.25, -0.2) is 0 Å². The first-order chi connectivity index (χ1) is 4.90. The molecular formula is C8H13NO. The lowest BCUT2D eigenvalue weighted by atomic mass is 9.99. The van der Waals surface area contributed by atoms with Gasteiger partial charge >= 0.3 is 0 Å². The molecule has 0 radical (unpaired) electrons. The summed E-state index contributed by atoms with van der Waals surface area (Å²) < 4.78 is 0. The van der Waals surface area contributed by atoms with Gasteiger partial charge in [0.25, 0.3) is 0 Å². The van der Waals surface area contributed by atoms with E-state index in [-0.39, 0.29) is 0 Å². The zero-order valence-electron chi connectivity index (χ0n) is 6.34. The maximum atomic E-state index is 4.77. The van der Waals surface area contributed by atoms with Crippen LogP contribution in [0, 0.1) is 11.8 Å². The summed E-state index contributed by atoms with van der Waals surface area (Å²) >= 11 is 0. The molecule has 0 aliphatic heterocycles.